The van der Waals surface area contributed by atoms with Crippen molar-refractivity contribution in [3.8, 4) is 11.4 Å². The molecule has 7 aromatic carbocycles. The van der Waals surface area contributed by atoms with Crippen LogP contribution in [0, 0.1) is 13.1 Å². The fourth-order valence-corrected chi connectivity index (χ4v) is 10.3. The van der Waals surface area contributed by atoms with Gasteiger partial charge in [-0.15, -0.1) is 22.7 Å². The van der Waals surface area contributed by atoms with Crippen molar-refractivity contribution >= 4 is 118 Å². The first-order valence-electron chi connectivity index (χ1n) is 16.3. The van der Waals surface area contributed by atoms with E-state index in [1.807, 2.05) is 35.6 Å². The van der Waals surface area contributed by atoms with Crippen molar-refractivity contribution in [2.45, 2.75) is 0 Å². The molecule has 0 amide bonds. The lowest BCUT2D eigenvalue weighted by Gasteiger charge is -2.10. The number of aromatic nitrogens is 2. The molecule has 11 rings (SSSR count). The second kappa shape index (κ2) is 10.0. The maximum absolute atomic E-state index is 7.78. The lowest BCUT2D eigenvalue weighted by Crippen LogP contribution is -1.94. The Hall–Kier alpha value is -6.44. The second-order valence-corrected chi connectivity index (χ2v) is 14.8. The van der Waals surface area contributed by atoms with Crippen molar-refractivity contribution in [2.24, 2.45) is 0 Å². The van der Waals surface area contributed by atoms with Crippen molar-refractivity contribution in [2.75, 3.05) is 0 Å². The number of rotatable bonds is 2. The predicted molar refractivity (Wildman–Crippen MR) is 213 cm³/mol. The van der Waals surface area contributed by atoms with Crippen molar-refractivity contribution in [1.82, 2.24) is 9.13 Å². The molecule has 230 valence electrons. The van der Waals surface area contributed by atoms with Crippen LogP contribution in [0.5, 0.6) is 0 Å². The molecular formula is C44H22N4S2. The highest BCUT2D eigenvalue weighted by atomic mass is 32.1. The summed E-state index contributed by atoms with van der Waals surface area (Å²) in [6.45, 7) is 15.4. The molecule has 0 N–H and O–H groups in total. The lowest BCUT2D eigenvalue weighted by atomic mass is 10.1. The number of hydrogen-bond acceptors (Lipinski definition) is 2. The summed E-state index contributed by atoms with van der Waals surface area (Å²) in [5, 5.41) is 9.52. The van der Waals surface area contributed by atoms with Gasteiger partial charge in [0.1, 0.15) is 0 Å². The average molecular weight is 671 g/mol. The molecule has 50 heavy (non-hydrogen) atoms. The highest BCUT2D eigenvalue weighted by Gasteiger charge is 2.20. The predicted octanol–water partition coefficient (Wildman–Crippen LogP) is 13.7. The second-order valence-electron chi connectivity index (χ2n) is 12.7. The van der Waals surface area contributed by atoms with Crippen molar-refractivity contribution in [3.63, 3.8) is 0 Å². The first-order valence-corrected chi connectivity index (χ1v) is 18.0. The fourth-order valence-electron chi connectivity index (χ4n) is 8.04. The van der Waals surface area contributed by atoms with Gasteiger partial charge >= 0.3 is 0 Å². The van der Waals surface area contributed by atoms with Gasteiger partial charge in [-0.3, -0.25) is 0 Å². The van der Waals surface area contributed by atoms with E-state index in [2.05, 4.69) is 128 Å². The number of hydrogen-bond donors (Lipinski definition) is 0. The molecule has 0 unspecified atom stereocenters. The third-order valence-electron chi connectivity index (χ3n) is 10.1. The van der Waals surface area contributed by atoms with Crippen LogP contribution >= 0.6 is 22.7 Å². The molecule has 0 saturated heterocycles. The van der Waals surface area contributed by atoms with Crippen LogP contribution in [0.1, 0.15) is 0 Å². The summed E-state index contributed by atoms with van der Waals surface area (Å²) in [5.41, 5.74) is 8.14. The van der Waals surface area contributed by atoms with Crippen LogP contribution < -0.4 is 0 Å². The van der Waals surface area contributed by atoms with Crippen LogP contribution in [0.3, 0.4) is 0 Å². The number of nitrogens with zero attached hydrogens (tertiary/aromatic N) is 4. The minimum Gasteiger partial charge on any atom is -0.309 e. The van der Waals surface area contributed by atoms with E-state index < -0.39 is 0 Å². The van der Waals surface area contributed by atoms with E-state index in [4.69, 9.17) is 13.1 Å². The molecule has 0 aliphatic heterocycles. The van der Waals surface area contributed by atoms with E-state index in [9.17, 15) is 0 Å². The van der Waals surface area contributed by atoms with Crippen LogP contribution in [0.4, 0.5) is 11.4 Å². The van der Waals surface area contributed by atoms with Crippen molar-refractivity contribution < 1.29 is 0 Å². The lowest BCUT2D eigenvalue weighted by molar-refractivity contribution is 1.18. The first-order chi connectivity index (χ1) is 24.7. The number of para-hydroxylation sites is 2. The fraction of sp³-hybridized carbons (Fsp3) is 0. The Labute approximate surface area is 293 Å². The highest BCUT2D eigenvalue weighted by Crippen LogP contribution is 2.46. The van der Waals surface area contributed by atoms with Gasteiger partial charge in [-0.25, -0.2) is 9.69 Å². The molecule has 0 fully saturated rings. The number of benzene rings is 7. The van der Waals surface area contributed by atoms with E-state index in [0.29, 0.717) is 11.4 Å². The molecule has 6 heteroatoms. The Kier molecular flexibility index (Phi) is 5.52. The molecule has 0 aliphatic rings. The topological polar surface area (TPSA) is 18.6 Å². The summed E-state index contributed by atoms with van der Waals surface area (Å²) in [4.78, 5) is 7.55. The molecule has 0 aliphatic carbocycles. The Balaban J connectivity index is 1.17. The van der Waals surface area contributed by atoms with Crippen LogP contribution in [0.2, 0.25) is 0 Å². The van der Waals surface area contributed by atoms with Gasteiger partial charge in [0.05, 0.1) is 35.2 Å². The quantitative estimate of drug-likeness (QED) is 0.163. The third kappa shape index (κ3) is 3.61. The van der Waals surface area contributed by atoms with Crippen LogP contribution in [0.25, 0.3) is 105 Å². The highest BCUT2D eigenvalue weighted by molar-refractivity contribution is 7.26. The number of fused-ring (bicyclic) bond motifs is 13. The van der Waals surface area contributed by atoms with Gasteiger partial charge in [0.25, 0.3) is 0 Å². The summed E-state index contributed by atoms with van der Waals surface area (Å²) < 4.78 is 9.49. The summed E-state index contributed by atoms with van der Waals surface area (Å²) in [5.74, 6) is 0. The maximum Gasteiger partial charge on any atom is 0.204 e. The van der Waals surface area contributed by atoms with Crippen molar-refractivity contribution in [3.05, 3.63) is 156 Å². The Morgan fingerprint density at radius 1 is 0.420 bits per heavy atom. The monoisotopic (exact) mass is 670 g/mol. The largest absolute Gasteiger partial charge is 0.309 e. The third-order valence-corrected chi connectivity index (χ3v) is 12.5. The van der Waals surface area contributed by atoms with Gasteiger partial charge in [0.15, 0.2) is 5.69 Å². The zero-order valence-corrected chi connectivity index (χ0v) is 27.9. The normalized spacial score (nSPS) is 12.0. The Morgan fingerprint density at radius 2 is 1.04 bits per heavy atom. The molecule has 0 atom stereocenters. The molecule has 0 radical (unpaired) electrons. The molecular weight excluding hydrogens is 649 g/mol. The first kappa shape index (κ1) is 27.5. The minimum absolute atomic E-state index is 0.651. The Morgan fingerprint density at radius 3 is 1.78 bits per heavy atom. The molecule has 4 nitrogen and oxygen atoms in total. The van der Waals surface area contributed by atoms with Crippen LogP contribution in [-0.2, 0) is 0 Å². The molecule has 0 bridgehead atoms. The van der Waals surface area contributed by atoms with Gasteiger partial charge in [-0.2, -0.15) is 0 Å². The van der Waals surface area contributed by atoms with E-state index in [1.165, 1.54) is 46.5 Å². The van der Waals surface area contributed by atoms with Crippen LogP contribution in [-0.4, -0.2) is 9.13 Å². The summed E-state index contributed by atoms with van der Waals surface area (Å²) in [6, 6.07) is 47.4. The summed E-state index contributed by atoms with van der Waals surface area (Å²) >= 11 is 3.54. The van der Waals surface area contributed by atoms with Gasteiger partial charge < -0.3 is 9.13 Å². The van der Waals surface area contributed by atoms with E-state index in [0.717, 1.165) is 48.8 Å². The molecule has 4 aromatic heterocycles. The zero-order valence-electron chi connectivity index (χ0n) is 26.3. The van der Waals surface area contributed by atoms with E-state index >= 15 is 0 Å². The zero-order chi connectivity index (χ0) is 33.1. The van der Waals surface area contributed by atoms with Crippen LogP contribution in [0.15, 0.2) is 133 Å². The minimum atomic E-state index is 0.651. The van der Waals surface area contributed by atoms with Gasteiger partial charge in [0, 0.05) is 62.5 Å². The van der Waals surface area contributed by atoms with E-state index in [1.54, 1.807) is 11.3 Å². The SMILES string of the molecule is [C-]#[N+]c1ccc2c(c1)c1ccccc1n2-c1ccc2sc3ccc(-n4c5ccccc5c5c6c(ccc54)sc4c([N+]#[C-])cccc46)cc3c2c1. The molecule has 4 heterocycles. The standard InChI is InChI=1S/C44H22N4S2/c1-45-25-14-17-37-31(22-25)28-8-3-5-12-35(28)47(37)26-15-19-39-32(23-26)33-24-27(16-20-40(33)49-39)48-36-13-6-4-9-29(36)42-38(48)18-21-41-43(42)30-10-7-11-34(46-2)44(30)50-41/h3-24H. The smallest absolute Gasteiger partial charge is 0.204 e. The van der Waals surface area contributed by atoms with Gasteiger partial charge in [0.2, 0.25) is 5.69 Å². The van der Waals surface area contributed by atoms with E-state index in [-0.39, 0.29) is 0 Å². The molecule has 0 spiro atoms. The average Bonchev–Trinajstić information content (AvgIpc) is 3.91. The van der Waals surface area contributed by atoms with Crippen molar-refractivity contribution in [1.29, 1.82) is 0 Å². The molecule has 11 aromatic rings. The Bertz CT molecular complexity index is 3360. The van der Waals surface area contributed by atoms with Gasteiger partial charge in [-0.05, 0) is 83.6 Å². The van der Waals surface area contributed by atoms with Gasteiger partial charge in [-0.1, -0.05) is 60.7 Å². The molecule has 0 saturated carbocycles. The maximum atomic E-state index is 7.78. The summed E-state index contributed by atoms with van der Waals surface area (Å²) in [6.07, 6.45) is 0. The summed E-state index contributed by atoms with van der Waals surface area (Å²) in [7, 11) is 0. The number of thiophene rings is 2.